The number of unbranched alkanes of at least 4 members (excludes halogenated alkanes) is 1. The molecule has 0 bridgehead atoms. The zero-order valence-corrected chi connectivity index (χ0v) is 14.9. The van der Waals surface area contributed by atoms with Crippen LogP contribution in [0.5, 0.6) is 5.88 Å². The van der Waals surface area contributed by atoms with Crippen molar-refractivity contribution in [3.8, 4) is 5.88 Å². The predicted octanol–water partition coefficient (Wildman–Crippen LogP) is 6.36. The van der Waals surface area contributed by atoms with Crippen molar-refractivity contribution in [3.05, 3.63) is 23.9 Å². The van der Waals surface area contributed by atoms with Gasteiger partial charge in [-0.3, -0.25) is 0 Å². The van der Waals surface area contributed by atoms with Crippen molar-refractivity contribution in [2.75, 3.05) is 6.61 Å². The van der Waals surface area contributed by atoms with Crippen LogP contribution in [0.25, 0.3) is 0 Å². The van der Waals surface area contributed by atoms with Crippen molar-refractivity contribution >= 4 is 0 Å². The first kappa shape index (κ1) is 21.6. The maximum atomic E-state index is 13.6. The molecule has 2 atom stereocenters. The van der Waals surface area contributed by atoms with Crippen LogP contribution in [0.15, 0.2) is 18.3 Å². The average molecular weight is 367 g/mol. The minimum absolute atomic E-state index is 0.0731. The molecule has 0 amide bonds. The second-order valence-corrected chi connectivity index (χ2v) is 6.49. The summed E-state index contributed by atoms with van der Waals surface area (Å²) in [4.78, 5) is 3.66. The van der Waals surface area contributed by atoms with Gasteiger partial charge in [0, 0.05) is 25.1 Å². The van der Waals surface area contributed by atoms with Crippen molar-refractivity contribution in [2.45, 2.75) is 65.0 Å². The van der Waals surface area contributed by atoms with Crippen LogP contribution in [-0.2, 0) is 6.18 Å². The first-order chi connectivity index (χ1) is 11.6. The van der Waals surface area contributed by atoms with Gasteiger partial charge in [0.05, 0.1) is 12.2 Å². The van der Waals surface area contributed by atoms with E-state index in [1.807, 2.05) is 6.92 Å². The molecule has 0 aliphatic heterocycles. The molecule has 25 heavy (non-hydrogen) atoms. The third kappa shape index (κ3) is 7.57. The number of hydrogen-bond acceptors (Lipinski definition) is 2. The van der Waals surface area contributed by atoms with Crippen molar-refractivity contribution in [1.29, 1.82) is 0 Å². The summed E-state index contributed by atoms with van der Waals surface area (Å²) in [6.07, 6.45) is -1.61. The highest BCUT2D eigenvalue weighted by molar-refractivity contribution is 5.20. The van der Waals surface area contributed by atoms with E-state index in [9.17, 15) is 22.0 Å². The van der Waals surface area contributed by atoms with E-state index in [0.29, 0.717) is 6.20 Å². The molecular weight excluding hydrogens is 341 g/mol. The van der Waals surface area contributed by atoms with Crippen LogP contribution in [0.4, 0.5) is 22.0 Å². The third-order valence-corrected chi connectivity index (χ3v) is 4.38. The highest BCUT2D eigenvalue weighted by Gasteiger charge is 2.33. The summed E-state index contributed by atoms with van der Waals surface area (Å²) in [5.41, 5.74) is -0.849. The maximum absolute atomic E-state index is 13.6. The molecule has 0 spiro atoms. The van der Waals surface area contributed by atoms with Crippen LogP contribution in [0, 0.1) is 11.8 Å². The molecule has 0 saturated carbocycles. The second-order valence-electron chi connectivity index (χ2n) is 6.49. The molecule has 0 aliphatic rings. The van der Waals surface area contributed by atoms with E-state index in [1.165, 1.54) is 6.92 Å². The van der Waals surface area contributed by atoms with E-state index >= 15 is 0 Å². The fraction of sp³-hybridized carbons (Fsp3) is 0.722. The van der Waals surface area contributed by atoms with Gasteiger partial charge in [-0.15, -0.1) is 0 Å². The summed E-state index contributed by atoms with van der Waals surface area (Å²) in [6.45, 7) is 5.41. The van der Waals surface area contributed by atoms with E-state index in [0.717, 1.165) is 31.4 Å². The van der Waals surface area contributed by atoms with Crippen molar-refractivity contribution in [3.63, 3.8) is 0 Å². The topological polar surface area (TPSA) is 22.1 Å². The second kappa shape index (κ2) is 9.34. The molecular formula is C18H26F5NO. The van der Waals surface area contributed by atoms with Crippen LogP contribution in [0.2, 0.25) is 0 Å². The molecule has 0 saturated heterocycles. The van der Waals surface area contributed by atoms with Crippen LogP contribution in [0.1, 0.15) is 58.4 Å². The molecule has 0 aromatic carbocycles. The Hall–Kier alpha value is -1.40. The SMILES string of the molecule is CCCCC(COc1ccc(C(F)(F)F)cn1)C(C)CC(F)(F)CC. The number of aromatic nitrogens is 1. The number of hydrogen-bond donors (Lipinski definition) is 0. The lowest BCUT2D eigenvalue weighted by atomic mass is 9.85. The van der Waals surface area contributed by atoms with Crippen LogP contribution >= 0.6 is 0 Å². The van der Waals surface area contributed by atoms with Gasteiger partial charge in [-0.05, 0) is 24.3 Å². The predicted molar refractivity (Wildman–Crippen MR) is 86.8 cm³/mol. The Morgan fingerprint density at radius 2 is 1.80 bits per heavy atom. The average Bonchev–Trinajstić information content (AvgIpc) is 2.54. The van der Waals surface area contributed by atoms with Gasteiger partial charge in [0.15, 0.2) is 0 Å². The molecule has 0 fully saturated rings. The molecule has 1 aromatic rings. The summed E-state index contributed by atoms with van der Waals surface area (Å²) in [5, 5.41) is 0. The summed E-state index contributed by atoms with van der Waals surface area (Å²) >= 11 is 0. The summed E-state index contributed by atoms with van der Waals surface area (Å²) in [6, 6.07) is 2.06. The van der Waals surface area contributed by atoms with Gasteiger partial charge in [-0.25, -0.2) is 13.8 Å². The molecule has 1 heterocycles. The number of alkyl halides is 5. The molecule has 144 valence electrons. The molecule has 1 rings (SSSR count). The van der Waals surface area contributed by atoms with Crippen molar-refractivity contribution in [2.24, 2.45) is 11.8 Å². The lowest BCUT2D eigenvalue weighted by Crippen LogP contribution is -2.27. The van der Waals surface area contributed by atoms with Crippen molar-refractivity contribution < 1.29 is 26.7 Å². The number of ether oxygens (including phenoxy) is 1. The van der Waals surface area contributed by atoms with Crippen LogP contribution in [0.3, 0.4) is 0 Å². The smallest absolute Gasteiger partial charge is 0.417 e. The number of nitrogens with zero attached hydrogens (tertiary/aromatic N) is 1. The Bertz CT molecular complexity index is 501. The number of pyridine rings is 1. The van der Waals surface area contributed by atoms with E-state index in [4.69, 9.17) is 4.74 Å². The Morgan fingerprint density at radius 3 is 2.28 bits per heavy atom. The Kier molecular flexibility index (Phi) is 8.09. The van der Waals surface area contributed by atoms with Crippen LogP contribution < -0.4 is 4.74 Å². The van der Waals surface area contributed by atoms with Crippen molar-refractivity contribution in [1.82, 2.24) is 4.98 Å². The van der Waals surface area contributed by atoms with E-state index < -0.39 is 17.7 Å². The minimum Gasteiger partial charge on any atom is -0.477 e. The summed E-state index contributed by atoms with van der Waals surface area (Å²) < 4.78 is 70.3. The fourth-order valence-electron chi connectivity index (χ4n) is 2.61. The molecule has 0 N–H and O–H groups in total. The molecule has 1 aromatic heterocycles. The molecule has 2 nitrogen and oxygen atoms in total. The van der Waals surface area contributed by atoms with Gasteiger partial charge in [0.1, 0.15) is 0 Å². The first-order valence-corrected chi connectivity index (χ1v) is 8.63. The fourth-order valence-corrected chi connectivity index (χ4v) is 2.61. The zero-order chi connectivity index (χ0) is 19.1. The Labute approximate surface area is 145 Å². The highest BCUT2D eigenvalue weighted by Crippen LogP contribution is 2.33. The lowest BCUT2D eigenvalue weighted by molar-refractivity contribution is -0.137. The van der Waals surface area contributed by atoms with Gasteiger partial charge < -0.3 is 4.74 Å². The molecule has 2 unspecified atom stereocenters. The molecule has 0 radical (unpaired) electrons. The summed E-state index contributed by atoms with van der Waals surface area (Å²) in [7, 11) is 0. The van der Waals surface area contributed by atoms with Gasteiger partial charge in [-0.1, -0.05) is 33.6 Å². The summed E-state index contributed by atoms with van der Waals surface area (Å²) in [5.74, 6) is -2.99. The van der Waals surface area contributed by atoms with Gasteiger partial charge in [-0.2, -0.15) is 13.2 Å². The Morgan fingerprint density at radius 1 is 1.12 bits per heavy atom. The van der Waals surface area contributed by atoms with E-state index in [2.05, 4.69) is 4.98 Å². The number of rotatable bonds is 10. The number of halogens is 5. The molecule has 7 heteroatoms. The monoisotopic (exact) mass is 367 g/mol. The van der Waals surface area contributed by atoms with E-state index in [1.54, 1.807) is 6.92 Å². The normalized spacial score (nSPS) is 15.0. The van der Waals surface area contributed by atoms with Gasteiger partial charge in [0.2, 0.25) is 11.8 Å². The lowest BCUT2D eigenvalue weighted by Gasteiger charge is -2.27. The quantitative estimate of drug-likeness (QED) is 0.449. The Balaban J connectivity index is 2.69. The standard InChI is InChI=1S/C18H26F5NO/c1-4-6-7-14(13(3)10-17(19,20)5-2)12-25-16-9-8-15(11-24-16)18(21,22)23/h8-9,11,13-14H,4-7,10,12H2,1-3H3. The first-order valence-electron chi connectivity index (χ1n) is 8.63. The maximum Gasteiger partial charge on any atom is 0.417 e. The zero-order valence-electron chi connectivity index (χ0n) is 14.9. The molecule has 0 aliphatic carbocycles. The van der Waals surface area contributed by atoms with E-state index in [-0.39, 0.29) is 37.2 Å². The third-order valence-electron chi connectivity index (χ3n) is 4.38. The highest BCUT2D eigenvalue weighted by atomic mass is 19.4. The minimum atomic E-state index is -4.45. The largest absolute Gasteiger partial charge is 0.477 e. The van der Waals surface area contributed by atoms with Gasteiger partial charge >= 0.3 is 6.18 Å². The van der Waals surface area contributed by atoms with Crippen LogP contribution in [-0.4, -0.2) is 17.5 Å². The van der Waals surface area contributed by atoms with Gasteiger partial charge in [0.25, 0.3) is 0 Å².